The predicted octanol–water partition coefficient (Wildman–Crippen LogP) is 3.85. The second-order valence-electron chi connectivity index (χ2n) is 8.93. The van der Waals surface area contributed by atoms with Crippen LogP contribution >= 0.6 is 0 Å². The first-order chi connectivity index (χ1) is 15.3. The number of alkyl halides is 2. The zero-order chi connectivity index (χ0) is 24.1. The first-order valence-corrected chi connectivity index (χ1v) is 11.9. The lowest BCUT2D eigenvalue weighted by Crippen LogP contribution is -2.72. The van der Waals surface area contributed by atoms with Gasteiger partial charge in [-0.25, -0.2) is 8.42 Å². The molecule has 33 heavy (non-hydrogen) atoms. The minimum absolute atomic E-state index is 0.116. The number of aliphatic hydroxyl groups is 1. The van der Waals surface area contributed by atoms with E-state index in [-0.39, 0.29) is 11.5 Å². The summed E-state index contributed by atoms with van der Waals surface area (Å²) in [7, 11) is -4.43. The van der Waals surface area contributed by atoms with Gasteiger partial charge in [-0.1, -0.05) is 48.5 Å². The van der Waals surface area contributed by atoms with E-state index < -0.39 is 50.4 Å². The highest BCUT2D eigenvalue weighted by molar-refractivity contribution is 7.95. The lowest BCUT2D eigenvalue weighted by molar-refractivity contribution is -0.298. The van der Waals surface area contributed by atoms with Crippen molar-refractivity contribution < 1.29 is 36.5 Å². The summed E-state index contributed by atoms with van der Waals surface area (Å²) < 4.78 is 75.2. The Kier molecular flexibility index (Phi) is 5.78. The van der Waals surface area contributed by atoms with Gasteiger partial charge >= 0.3 is 5.92 Å². The van der Waals surface area contributed by atoms with Crippen molar-refractivity contribution in [1.29, 1.82) is 0 Å². The van der Waals surface area contributed by atoms with Gasteiger partial charge in [-0.05, 0) is 38.5 Å². The van der Waals surface area contributed by atoms with Gasteiger partial charge in [0.2, 0.25) is 9.84 Å². The number of hydrogen-bond donors (Lipinski definition) is 1. The van der Waals surface area contributed by atoms with E-state index in [1.807, 2.05) is 0 Å². The van der Waals surface area contributed by atoms with E-state index in [4.69, 9.17) is 14.2 Å². The molecule has 4 rings (SSSR count). The Balaban J connectivity index is 1.86. The molecule has 1 aliphatic heterocycles. The summed E-state index contributed by atoms with van der Waals surface area (Å²) >= 11 is 0. The van der Waals surface area contributed by atoms with Gasteiger partial charge in [-0.3, -0.25) is 0 Å². The molecule has 2 aromatic rings. The highest BCUT2D eigenvalue weighted by Crippen LogP contribution is 2.55. The fourth-order valence-corrected chi connectivity index (χ4v) is 5.99. The molecule has 1 saturated heterocycles. The van der Waals surface area contributed by atoms with Gasteiger partial charge in [0.1, 0.15) is 11.7 Å². The quantitative estimate of drug-likeness (QED) is 0.700. The maximum Gasteiger partial charge on any atom is 0.301 e. The monoisotopic (exact) mass is 480 g/mol. The molecular formula is C24H26F2O6S. The van der Waals surface area contributed by atoms with Crippen molar-refractivity contribution in [2.75, 3.05) is 6.61 Å². The second-order valence-corrected chi connectivity index (χ2v) is 10.9. The normalized spacial score (nSPS) is 30.8. The Morgan fingerprint density at radius 3 is 2.15 bits per heavy atom. The smallest absolute Gasteiger partial charge is 0.301 e. The molecular weight excluding hydrogens is 454 g/mol. The third-order valence-electron chi connectivity index (χ3n) is 6.11. The van der Waals surface area contributed by atoms with Crippen LogP contribution in [0.15, 0.2) is 76.5 Å². The molecule has 178 valence electrons. The van der Waals surface area contributed by atoms with Crippen LogP contribution in [0.2, 0.25) is 0 Å². The predicted molar refractivity (Wildman–Crippen MR) is 116 cm³/mol. The van der Waals surface area contributed by atoms with Crippen molar-refractivity contribution in [1.82, 2.24) is 0 Å². The van der Waals surface area contributed by atoms with E-state index in [1.54, 1.807) is 36.4 Å². The van der Waals surface area contributed by atoms with Gasteiger partial charge in [-0.15, -0.1) is 0 Å². The summed E-state index contributed by atoms with van der Waals surface area (Å²) in [5.74, 6) is -5.30. The van der Waals surface area contributed by atoms with E-state index in [9.17, 15) is 13.5 Å². The molecule has 1 N–H and O–H groups in total. The van der Waals surface area contributed by atoms with Gasteiger partial charge in [0, 0.05) is 6.08 Å². The van der Waals surface area contributed by atoms with Gasteiger partial charge in [0.15, 0.2) is 11.4 Å². The fraction of sp³-hybridized carbons (Fsp3) is 0.417. The minimum Gasteiger partial charge on any atom is -0.384 e. The van der Waals surface area contributed by atoms with Crippen LogP contribution < -0.4 is 0 Å². The van der Waals surface area contributed by atoms with Crippen LogP contribution in [-0.4, -0.2) is 49.1 Å². The van der Waals surface area contributed by atoms with Crippen LogP contribution in [0.3, 0.4) is 0 Å². The average molecular weight is 481 g/mol. The van der Waals surface area contributed by atoms with E-state index in [0.29, 0.717) is 11.6 Å². The van der Waals surface area contributed by atoms with Crippen molar-refractivity contribution >= 4 is 9.84 Å². The third-order valence-corrected chi connectivity index (χ3v) is 7.96. The Morgan fingerprint density at radius 2 is 1.61 bits per heavy atom. The molecule has 0 saturated carbocycles. The Morgan fingerprint density at radius 1 is 1.03 bits per heavy atom. The molecule has 3 atom stereocenters. The highest BCUT2D eigenvalue weighted by Gasteiger charge is 2.75. The van der Waals surface area contributed by atoms with Crippen molar-refractivity contribution in [3.63, 3.8) is 0 Å². The molecule has 6 nitrogen and oxygen atoms in total. The molecule has 1 heterocycles. The molecule has 1 aliphatic carbocycles. The summed E-state index contributed by atoms with van der Waals surface area (Å²) in [6.07, 6.45) is -1.31. The zero-order valence-corrected chi connectivity index (χ0v) is 19.3. The van der Waals surface area contributed by atoms with Crippen LogP contribution in [0.5, 0.6) is 0 Å². The van der Waals surface area contributed by atoms with Crippen molar-refractivity contribution in [3.05, 3.63) is 77.2 Å². The fourth-order valence-electron chi connectivity index (χ4n) is 4.32. The van der Waals surface area contributed by atoms with Crippen molar-refractivity contribution in [2.24, 2.45) is 0 Å². The molecule has 1 spiro atoms. The number of rotatable bonds is 5. The average Bonchev–Trinajstić information content (AvgIpc) is 3.11. The molecule has 0 unspecified atom stereocenters. The Bertz CT molecular complexity index is 1150. The van der Waals surface area contributed by atoms with Crippen molar-refractivity contribution in [2.45, 2.75) is 61.3 Å². The van der Waals surface area contributed by atoms with E-state index in [0.717, 1.165) is 6.92 Å². The number of hydrogen-bond acceptors (Lipinski definition) is 6. The third kappa shape index (κ3) is 3.91. The van der Waals surface area contributed by atoms with Crippen LogP contribution in [0, 0.1) is 0 Å². The maximum absolute atomic E-state index is 15.7. The van der Waals surface area contributed by atoms with Crippen molar-refractivity contribution in [3.8, 4) is 0 Å². The SMILES string of the molecule is CC1(C)OC[C@@]2(O1)C(F)(F)C=C(S(=O)(=O)c1ccccc1)[C@@H](OCc1ccccc1)[C@]2(C)O. The molecule has 1 fully saturated rings. The molecule has 2 aliphatic rings. The first kappa shape index (κ1) is 24.0. The van der Waals surface area contributed by atoms with E-state index in [1.165, 1.54) is 38.1 Å². The molecule has 9 heteroatoms. The Hall–Kier alpha value is -2.17. The lowest BCUT2D eigenvalue weighted by Gasteiger charge is -2.51. The van der Waals surface area contributed by atoms with Gasteiger partial charge in [0.25, 0.3) is 0 Å². The zero-order valence-electron chi connectivity index (χ0n) is 18.5. The number of ether oxygens (including phenoxy) is 3. The molecule has 0 aromatic heterocycles. The number of sulfone groups is 1. The van der Waals surface area contributed by atoms with Crippen LogP contribution in [0.4, 0.5) is 8.78 Å². The summed E-state index contributed by atoms with van der Waals surface area (Å²) in [5.41, 5.74) is -4.34. The highest BCUT2D eigenvalue weighted by atomic mass is 32.2. The molecule has 2 aromatic carbocycles. The van der Waals surface area contributed by atoms with Gasteiger partial charge in [0.05, 0.1) is 23.0 Å². The standard InChI is InChI=1S/C24H26F2O6S/c1-21(2)31-16-23(32-21)22(3,27)20(30-15-17-10-6-4-7-11-17)19(14-24(23,25)26)33(28,29)18-12-8-5-9-13-18/h4-14,20,27H,15-16H2,1-3H3/t20-,22+,23+/m1/s1. The summed E-state index contributed by atoms with van der Waals surface area (Å²) in [6, 6.07) is 16.0. The minimum atomic E-state index is -4.43. The van der Waals surface area contributed by atoms with Crippen LogP contribution in [0.1, 0.15) is 26.3 Å². The summed E-state index contributed by atoms with van der Waals surface area (Å²) in [6.45, 7) is 3.24. The first-order valence-electron chi connectivity index (χ1n) is 10.5. The van der Waals surface area contributed by atoms with Gasteiger partial charge in [-0.2, -0.15) is 8.78 Å². The summed E-state index contributed by atoms with van der Waals surface area (Å²) in [5, 5.41) is 11.6. The summed E-state index contributed by atoms with van der Waals surface area (Å²) in [4.78, 5) is -0.908. The van der Waals surface area contributed by atoms with Crippen LogP contribution in [0.25, 0.3) is 0 Å². The lowest BCUT2D eigenvalue weighted by atomic mass is 9.72. The van der Waals surface area contributed by atoms with E-state index in [2.05, 4.69) is 0 Å². The molecule has 0 bridgehead atoms. The van der Waals surface area contributed by atoms with Gasteiger partial charge < -0.3 is 19.3 Å². The molecule has 0 radical (unpaired) electrons. The molecule has 0 amide bonds. The largest absolute Gasteiger partial charge is 0.384 e. The number of halogens is 2. The second kappa shape index (κ2) is 7.95. The Labute approximate surface area is 191 Å². The maximum atomic E-state index is 15.7. The number of benzene rings is 2. The van der Waals surface area contributed by atoms with E-state index >= 15 is 8.78 Å². The van der Waals surface area contributed by atoms with Crippen LogP contribution in [-0.2, 0) is 30.7 Å². The topological polar surface area (TPSA) is 82.1 Å².